The Bertz CT molecular complexity index is 877. The molecule has 27 heavy (non-hydrogen) atoms. The monoisotopic (exact) mass is 391 g/mol. The van der Waals surface area contributed by atoms with Gasteiger partial charge in [-0.1, -0.05) is 0 Å². The fourth-order valence-corrected chi connectivity index (χ4v) is 3.98. The van der Waals surface area contributed by atoms with E-state index in [-0.39, 0.29) is 23.8 Å². The lowest BCUT2D eigenvalue weighted by molar-refractivity contribution is -0.116. The highest BCUT2D eigenvalue weighted by molar-refractivity contribution is 7.89. The highest BCUT2D eigenvalue weighted by Crippen LogP contribution is 2.22. The van der Waals surface area contributed by atoms with Crippen molar-refractivity contribution >= 4 is 27.3 Å². The first-order valence-corrected chi connectivity index (χ1v) is 10.3. The van der Waals surface area contributed by atoms with Crippen LogP contribution in [0.15, 0.2) is 53.4 Å². The molecule has 1 saturated heterocycles. The molecule has 2 N–H and O–H groups in total. The number of benzene rings is 2. The molecule has 8 heteroatoms. The number of rotatable bonds is 7. The molecule has 6 nitrogen and oxygen atoms in total. The minimum absolute atomic E-state index is 0.00565. The highest BCUT2D eigenvalue weighted by atomic mass is 32.2. The second kappa shape index (κ2) is 8.49. The Balaban J connectivity index is 1.47. The summed E-state index contributed by atoms with van der Waals surface area (Å²) in [6.07, 6.45) is 2.40. The summed E-state index contributed by atoms with van der Waals surface area (Å²) in [5.41, 5.74) is 1.81. The quantitative estimate of drug-likeness (QED) is 0.761. The predicted octanol–water partition coefficient (Wildman–Crippen LogP) is 2.73. The summed E-state index contributed by atoms with van der Waals surface area (Å²) in [6.45, 7) is 2.07. The van der Waals surface area contributed by atoms with Crippen LogP contribution in [0.25, 0.3) is 0 Å². The summed E-state index contributed by atoms with van der Waals surface area (Å²) in [6, 6.07) is 12.1. The second-order valence-corrected chi connectivity index (χ2v) is 8.16. The summed E-state index contributed by atoms with van der Waals surface area (Å²) >= 11 is 0. The van der Waals surface area contributed by atoms with Crippen molar-refractivity contribution in [2.45, 2.75) is 24.2 Å². The first-order chi connectivity index (χ1) is 12.9. The van der Waals surface area contributed by atoms with Crippen LogP contribution in [0, 0.1) is 5.82 Å². The number of hydrogen-bond donors (Lipinski definition) is 2. The van der Waals surface area contributed by atoms with E-state index in [9.17, 15) is 17.6 Å². The lowest BCUT2D eigenvalue weighted by atomic mass is 10.2. The first kappa shape index (κ1) is 19.3. The van der Waals surface area contributed by atoms with Crippen LogP contribution in [-0.4, -0.2) is 34.0 Å². The number of hydrogen-bond acceptors (Lipinski definition) is 4. The molecule has 0 saturated carbocycles. The number of carbonyl (C=O) groups excluding carboxylic acids is 1. The minimum atomic E-state index is -3.76. The van der Waals surface area contributed by atoms with Gasteiger partial charge >= 0.3 is 0 Å². The van der Waals surface area contributed by atoms with Crippen LogP contribution in [0.4, 0.5) is 15.8 Å². The highest BCUT2D eigenvalue weighted by Gasteiger charge is 2.15. The molecule has 3 rings (SSSR count). The first-order valence-electron chi connectivity index (χ1n) is 8.84. The van der Waals surface area contributed by atoms with Gasteiger partial charge in [0.25, 0.3) is 0 Å². The average molecular weight is 391 g/mol. The fourth-order valence-electron chi connectivity index (χ4n) is 2.95. The summed E-state index contributed by atoms with van der Waals surface area (Å²) in [7, 11) is -3.76. The third kappa shape index (κ3) is 5.27. The Kier molecular flexibility index (Phi) is 6.08. The lowest BCUT2D eigenvalue weighted by Crippen LogP contribution is -2.27. The molecule has 1 heterocycles. The Morgan fingerprint density at radius 1 is 1.00 bits per heavy atom. The van der Waals surface area contributed by atoms with Crippen LogP contribution < -0.4 is 14.9 Å². The average Bonchev–Trinajstić information content (AvgIpc) is 3.17. The number of carbonyl (C=O) groups is 1. The summed E-state index contributed by atoms with van der Waals surface area (Å²) in [5, 5.41) is 2.75. The van der Waals surface area contributed by atoms with Crippen LogP contribution in [0.1, 0.15) is 19.3 Å². The molecule has 0 radical (unpaired) electrons. The molecule has 2 aromatic rings. The van der Waals surface area contributed by atoms with E-state index in [2.05, 4.69) is 14.9 Å². The molecule has 144 valence electrons. The number of halogens is 1. The van der Waals surface area contributed by atoms with Crippen LogP contribution in [0.5, 0.6) is 0 Å². The van der Waals surface area contributed by atoms with E-state index in [0.29, 0.717) is 5.69 Å². The maximum absolute atomic E-state index is 12.9. The van der Waals surface area contributed by atoms with Crippen LogP contribution in [0.2, 0.25) is 0 Å². The van der Waals surface area contributed by atoms with Crippen molar-refractivity contribution in [1.29, 1.82) is 0 Å². The van der Waals surface area contributed by atoms with Crippen molar-refractivity contribution in [2.75, 3.05) is 29.9 Å². The topological polar surface area (TPSA) is 78.5 Å². The van der Waals surface area contributed by atoms with E-state index >= 15 is 0 Å². The van der Waals surface area contributed by atoms with Gasteiger partial charge in [-0.05, 0) is 61.4 Å². The molecule has 0 spiro atoms. The zero-order valence-corrected chi connectivity index (χ0v) is 15.6. The molecular formula is C19H22FN3O3S. The third-order valence-electron chi connectivity index (χ3n) is 4.39. The minimum Gasteiger partial charge on any atom is -0.372 e. The number of nitrogens with zero attached hydrogens (tertiary/aromatic N) is 1. The molecule has 2 aromatic carbocycles. The fraction of sp³-hybridized carbons (Fsp3) is 0.316. The molecule has 0 unspecified atom stereocenters. The maximum atomic E-state index is 12.9. The van der Waals surface area contributed by atoms with E-state index < -0.39 is 15.8 Å². The molecule has 1 aliphatic rings. The molecular weight excluding hydrogens is 369 g/mol. The molecule has 0 atom stereocenters. The number of anilines is 2. The Hall–Kier alpha value is -2.45. The molecule has 0 bridgehead atoms. The Morgan fingerprint density at radius 2 is 1.63 bits per heavy atom. The van der Waals surface area contributed by atoms with Gasteiger partial charge in [0.15, 0.2) is 0 Å². The van der Waals surface area contributed by atoms with Gasteiger partial charge in [0.05, 0.1) is 4.90 Å². The van der Waals surface area contributed by atoms with Crippen molar-refractivity contribution in [3.8, 4) is 0 Å². The molecule has 0 aliphatic carbocycles. The number of sulfonamides is 1. The van der Waals surface area contributed by atoms with Crippen molar-refractivity contribution in [3.63, 3.8) is 0 Å². The molecule has 1 amide bonds. The van der Waals surface area contributed by atoms with Gasteiger partial charge in [-0.3, -0.25) is 4.79 Å². The Morgan fingerprint density at radius 3 is 2.26 bits per heavy atom. The van der Waals surface area contributed by atoms with Gasteiger partial charge in [-0.15, -0.1) is 0 Å². The van der Waals surface area contributed by atoms with Crippen molar-refractivity contribution in [2.24, 2.45) is 0 Å². The normalized spacial score (nSPS) is 14.3. The van der Waals surface area contributed by atoms with Gasteiger partial charge < -0.3 is 10.2 Å². The SMILES string of the molecule is O=C(CCNS(=O)(=O)c1ccc(F)cc1)Nc1ccc(N2CCCC2)cc1. The largest absolute Gasteiger partial charge is 0.372 e. The maximum Gasteiger partial charge on any atom is 0.240 e. The van der Waals surface area contributed by atoms with E-state index in [1.807, 2.05) is 24.3 Å². The summed E-state index contributed by atoms with van der Waals surface area (Å²) < 4.78 is 39.4. The van der Waals surface area contributed by atoms with Gasteiger partial charge in [0, 0.05) is 37.4 Å². The van der Waals surface area contributed by atoms with Crippen LogP contribution in [0.3, 0.4) is 0 Å². The number of nitrogens with one attached hydrogen (secondary N) is 2. The van der Waals surface area contributed by atoms with Crippen molar-refractivity contribution in [3.05, 3.63) is 54.3 Å². The second-order valence-electron chi connectivity index (χ2n) is 6.39. The summed E-state index contributed by atoms with van der Waals surface area (Å²) in [4.78, 5) is 14.3. The van der Waals surface area contributed by atoms with E-state index in [0.717, 1.165) is 30.9 Å². The molecule has 1 fully saturated rings. The number of amides is 1. The van der Waals surface area contributed by atoms with Gasteiger partial charge in [0.1, 0.15) is 5.82 Å². The van der Waals surface area contributed by atoms with E-state index in [1.165, 1.54) is 25.0 Å². The van der Waals surface area contributed by atoms with Crippen LogP contribution >= 0.6 is 0 Å². The van der Waals surface area contributed by atoms with Gasteiger partial charge in [0.2, 0.25) is 15.9 Å². The molecule has 0 aromatic heterocycles. The van der Waals surface area contributed by atoms with Gasteiger partial charge in [-0.25, -0.2) is 17.5 Å². The zero-order valence-electron chi connectivity index (χ0n) is 14.8. The van der Waals surface area contributed by atoms with Crippen molar-refractivity contribution in [1.82, 2.24) is 4.72 Å². The van der Waals surface area contributed by atoms with E-state index in [4.69, 9.17) is 0 Å². The molecule has 1 aliphatic heterocycles. The standard InChI is InChI=1S/C19H22FN3O3S/c20-15-3-9-18(10-4-15)27(25,26)21-12-11-19(24)22-16-5-7-17(8-6-16)23-13-1-2-14-23/h3-10,21H,1-2,11-14H2,(H,22,24). The lowest BCUT2D eigenvalue weighted by Gasteiger charge is -2.17. The van der Waals surface area contributed by atoms with Gasteiger partial charge in [-0.2, -0.15) is 0 Å². The Labute approximate surface area is 158 Å². The zero-order chi connectivity index (χ0) is 19.3. The van der Waals surface area contributed by atoms with E-state index in [1.54, 1.807) is 0 Å². The summed E-state index contributed by atoms with van der Waals surface area (Å²) in [5.74, 6) is -0.796. The van der Waals surface area contributed by atoms with Crippen LogP contribution in [-0.2, 0) is 14.8 Å². The third-order valence-corrected chi connectivity index (χ3v) is 5.87. The predicted molar refractivity (Wildman–Crippen MR) is 103 cm³/mol. The smallest absolute Gasteiger partial charge is 0.240 e. The van der Waals surface area contributed by atoms with Crippen molar-refractivity contribution < 1.29 is 17.6 Å².